The molecule has 2 saturated heterocycles. The van der Waals surface area contributed by atoms with E-state index in [2.05, 4.69) is 73.4 Å². The standard InChI is InChI=1S/C48H57N5O4/c1-27-19-40(52(25-27)45(54)56-47(3,4)5)38-23-34-21-31(15-18-37(34)50-38)36-17-16-35(42-32-13-14-33(22-32)43(36)42)29-9-11-30(12-10-29)39-24-49-44(51-39)41-20-28(2)26-53(41)46(55)57-48(6,7)8/h9-12,15-18,21,24,27-28,32-33,40-41H,13-14,19-20,22-23,25-26H2,1-8H3,(H,49,51)/t27-,28-,32?,33?,40+,41+/m1/s1. The van der Waals surface area contributed by atoms with Crippen LogP contribution in [0, 0.1) is 11.8 Å². The number of aromatic nitrogens is 2. The summed E-state index contributed by atoms with van der Waals surface area (Å²) in [4.78, 5) is 43.5. The van der Waals surface area contributed by atoms with Crippen molar-refractivity contribution in [2.24, 2.45) is 16.8 Å². The molecule has 1 N–H and O–H groups in total. The molecule has 1 aromatic heterocycles. The number of carbonyl (C=O) groups excluding carboxylic acids is 2. The summed E-state index contributed by atoms with van der Waals surface area (Å²) in [5.74, 6) is 2.75. The zero-order valence-corrected chi connectivity index (χ0v) is 34.8. The van der Waals surface area contributed by atoms with Crippen molar-refractivity contribution < 1.29 is 19.1 Å². The molecular formula is C48H57N5O4. The van der Waals surface area contributed by atoms with E-state index in [1.165, 1.54) is 58.2 Å². The van der Waals surface area contributed by atoms with Crippen molar-refractivity contribution in [3.8, 4) is 33.5 Å². The molecule has 4 heterocycles. The summed E-state index contributed by atoms with van der Waals surface area (Å²) in [6, 6.07) is 20.2. The van der Waals surface area contributed by atoms with Crippen molar-refractivity contribution in [1.29, 1.82) is 0 Å². The third kappa shape index (κ3) is 7.16. The Bertz CT molecular complexity index is 2260. The van der Waals surface area contributed by atoms with Gasteiger partial charge in [-0.25, -0.2) is 14.6 Å². The summed E-state index contributed by atoms with van der Waals surface area (Å²) in [5, 5.41) is 0. The Labute approximate surface area is 337 Å². The largest absolute Gasteiger partial charge is 0.444 e. The zero-order chi connectivity index (χ0) is 40.0. The number of carbonyl (C=O) groups is 2. The van der Waals surface area contributed by atoms with Crippen LogP contribution in [0.3, 0.4) is 0 Å². The second kappa shape index (κ2) is 13.9. The third-order valence-corrected chi connectivity index (χ3v) is 12.6. The van der Waals surface area contributed by atoms with Gasteiger partial charge in [-0.3, -0.25) is 14.8 Å². The minimum absolute atomic E-state index is 0.0303. The van der Waals surface area contributed by atoms with Gasteiger partial charge in [0.2, 0.25) is 0 Å². The van der Waals surface area contributed by atoms with Crippen LogP contribution in [0.1, 0.15) is 128 Å². The molecule has 0 spiro atoms. The van der Waals surface area contributed by atoms with Gasteiger partial charge in [0.05, 0.1) is 29.7 Å². The van der Waals surface area contributed by atoms with Crippen molar-refractivity contribution in [2.45, 2.75) is 129 Å². The van der Waals surface area contributed by atoms with Crippen LogP contribution in [0.4, 0.5) is 15.3 Å². The van der Waals surface area contributed by atoms with Gasteiger partial charge in [-0.2, -0.15) is 0 Å². The minimum atomic E-state index is -0.547. The lowest BCUT2D eigenvalue weighted by molar-refractivity contribution is 0.0212. The monoisotopic (exact) mass is 767 g/mol. The van der Waals surface area contributed by atoms with E-state index in [0.717, 1.165) is 47.7 Å². The van der Waals surface area contributed by atoms with Gasteiger partial charge in [0.25, 0.3) is 0 Å². The maximum Gasteiger partial charge on any atom is 0.410 e. The number of fused-ring (bicyclic) bond motifs is 6. The number of hydrogen-bond donors (Lipinski definition) is 1. The summed E-state index contributed by atoms with van der Waals surface area (Å²) in [7, 11) is 0. The van der Waals surface area contributed by atoms with Crippen LogP contribution in [0.2, 0.25) is 0 Å². The van der Waals surface area contributed by atoms with E-state index >= 15 is 0 Å². The predicted molar refractivity (Wildman–Crippen MR) is 225 cm³/mol. The van der Waals surface area contributed by atoms with Crippen LogP contribution >= 0.6 is 0 Å². The normalized spacial score (nSPS) is 25.2. The Morgan fingerprint density at radius 3 is 1.86 bits per heavy atom. The number of nitrogens with zero attached hydrogens (tertiary/aromatic N) is 4. The van der Waals surface area contributed by atoms with Crippen LogP contribution < -0.4 is 0 Å². The summed E-state index contributed by atoms with van der Waals surface area (Å²) in [6.07, 6.45) is 7.62. The first-order valence-electron chi connectivity index (χ1n) is 21.1. The number of benzene rings is 3. The van der Waals surface area contributed by atoms with E-state index in [1.807, 2.05) is 57.5 Å². The Morgan fingerprint density at radius 1 is 0.702 bits per heavy atom. The van der Waals surface area contributed by atoms with E-state index in [9.17, 15) is 9.59 Å². The predicted octanol–water partition coefficient (Wildman–Crippen LogP) is 11.4. The molecule has 4 aromatic rings. The summed E-state index contributed by atoms with van der Waals surface area (Å²) in [5.41, 5.74) is 12.5. The highest BCUT2D eigenvalue weighted by molar-refractivity contribution is 6.00. The summed E-state index contributed by atoms with van der Waals surface area (Å²) in [6.45, 7) is 17.2. The lowest BCUT2D eigenvalue weighted by Crippen LogP contribution is -2.43. The Morgan fingerprint density at radius 2 is 1.25 bits per heavy atom. The summed E-state index contributed by atoms with van der Waals surface area (Å²) < 4.78 is 11.5. The Kier molecular flexibility index (Phi) is 9.17. The molecule has 9 heteroatoms. The number of amides is 2. The van der Waals surface area contributed by atoms with Crippen LogP contribution in [0.25, 0.3) is 33.5 Å². The lowest BCUT2D eigenvalue weighted by Gasteiger charge is -2.28. The van der Waals surface area contributed by atoms with Crippen molar-refractivity contribution >= 4 is 23.6 Å². The summed E-state index contributed by atoms with van der Waals surface area (Å²) >= 11 is 0. The fourth-order valence-corrected chi connectivity index (χ4v) is 10.3. The van der Waals surface area contributed by atoms with Gasteiger partial charge >= 0.3 is 12.2 Å². The topological polar surface area (TPSA) is 100 Å². The number of ether oxygens (including phenoxy) is 2. The van der Waals surface area contributed by atoms with Gasteiger partial charge in [-0.05, 0) is 154 Å². The maximum absolute atomic E-state index is 13.2. The average molecular weight is 768 g/mol. The second-order valence-corrected chi connectivity index (χ2v) is 19.6. The molecule has 2 aliphatic carbocycles. The molecule has 1 saturated carbocycles. The first kappa shape index (κ1) is 37.6. The molecule has 3 aliphatic heterocycles. The molecule has 5 aliphatic rings. The van der Waals surface area contributed by atoms with Gasteiger partial charge < -0.3 is 14.5 Å². The van der Waals surface area contributed by atoms with Gasteiger partial charge in [-0.15, -0.1) is 0 Å². The maximum atomic E-state index is 13.2. The van der Waals surface area contributed by atoms with Crippen LogP contribution in [0.15, 0.2) is 65.8 Å². The molecular weight excluding hydrogens is 711 g/mol. The number of H-pyrrole nitrogens is 1. The first-order valence-corrected chi connectivity index (χ1v) is 21.1. The van der Waals surface area contributed by atoms with E-state index in [-0.39, 0.29) is 24.3 Å². The van der Waals surface area contributed by atoms with Gasteiger partial charge in [0.1, 0.15) is 17.0 Å². The smallest absolute Gasteiger partial charge is 0.410 e. The quantitative estimate of drug-likeness (QED) is 0.218. The molecule has 3 aromatic carbocycles. The molecule has 57 heavy (non-hydrogen) atoms. The highest BCUT2D eigenvalue weighted by Crippen LogP contribution is 2.58. The van der Waals surface area contributed by atoms with E-state index < -0.39 is 11.2 Å². The number of imidazole rings is 1. The van der Waals surface area contributed by atoms with Crippen molar-refractivity contribution in [3.05, 3.63) is 83.3 Å². The molecule has 3 fully saturated rings. The molecule has 2 amide bonds. The van der Waals surface area contributed by atoms with Crippen LogP contribution in [-0.4, -0.2) is 68.0 Å². The second-order valence-electron chi connectivity index (χ2n) is 19.6. The van der Waals surface area contributed by atoms with Crippen LogP contribution in [0.5, 0.6) is 0 Å². The highest BCUT2D eigenvalue weighted by Gasteiger charge is 2.42. The van der Waals surface area contributed by atoms with Crippen LogP contribution in [-0.2, 0) is 15.9 Å². The molecule has 298 valence electrons. The van der Waals surface area contributed by atoms with Gasteiger partial charge in [-0.1, -0.05) is 56.3 Å². The van der Waals surface area contributed by atoms with E-state index in [4.69, 9.17) is 19.5 Å². The van der Waals surface area contributed by atoms with E-state index in [1.54, 1.807) is 0 Å². The van der Waals surface area contributed by atoms with E-state index in [0.29, 0.717) is 36.8 Å². The first-order chi connectivity index (χ1) is 27.1. The van der Waals surface area contributed by atoms with Crippen molar-refractivity contribution in [2.75, 3.05) is 13.1 Å². The van der Waals surface area contributed by atoms with Gasteiger partial charge in [0, 0.05) is 25.2 Å². The Balaban J connectivity index is 0.949. The number of rotatable bonds is 5. The number of nitrogens with one attached hydrogen (secondary N) is 1. The fraction of sp³-hybridized carbons (Fsp3) is 0.500. The molecule has 0 radical (unpaired) electrons. The number of hydrogen-bond acceptors (Lipinski definition) is 6. The molecule has 2 unspecified atom stereocenters. The lowest BCUT2D eigenvalue weighted by atomic mass is 9.81. The average Bonchev–Trinajstić information content (AvgIpc) is 4.00. The van der Waals surface area contributed by atoms with Crippen molar-refractivity contribution in [1.82, 2.24) is 19.8 Å². The molecule has 9 nitrogen and oxygen atoms in total. The molecule has 9 rings (SSSR count). The van der Waals surface area contributed by atoms with Crippen molar-refractivity contribution in [3.63, 3.8) is 0 Å². The Hall–Kier alpha value is -4.92. The van der Waals surface area contributed by atoms with Gasteiger partial charge in [0.15, 0.2) is 0 Å². The SMILES string of the molecule is C[C@@H]1C[C@@H](C2=Nc3ccc(-c4ccc(-c5ccc(-c6cnc([C@@H]7C[C@@H](C)CN7C(=O)OC(C)(C)C)[nH]6)cc5)c5c4C4CCC5C4)cc3C2)N(C(=O)OC(C)(C)C)C1. The zero-order valence-electron chi connectivity index (χ0n) is 34.8. The number of aromatic amines is 1. The number of likely N-dealkylation sites (tertiary alicyclic amines) is 2. The third-order valence-electron chi connectivity index (χ3n) is 12.6. The fourth-order valence-electron chi connectivity index (χ4n) is 10.3. The molecule has 6 atom stereocenters. The molecule has 2 bridgehead atoms. The minimum Gasteiger partial charge on any atom is -0.444 e. The highest BCUT2D eigenvalue weighted by atomic mass is 16.6. The number of aliphatic imine (C=N–C) groups is 1.